The number of thiazole rings is 1. The van der Waals surface area contributed by atoms with Crippen molar-refractivity contribution >= 4 is 21.6 Å². The van der Waals surface area contributed by atoms with Gasteiger partial charge in [-0.15, -0.1) is 11.3 Å². The molecule has 2 aromatic rings. The van der Waals surface area contributed by atoms with Gasteiger partial charge in [-0.1, -0.05) is 12.1 Å². The summed E-state index contributed by atoms with van der Waals surface area (Å²) in [6.07, 6.45) is 0.534. The predicted molar refractivity (Wildman–Crippen MR) is 59.5 cm³/mol. The van der Waals surface area contributed by atoms with Gasteiger partial charge in [-0.3, -0.25) is 0 Å². The normalized spacial score (nSPS) is 12.5. The van der Waals surface area contributed by atoms with E-state index >= 15 is 0 Å². The Balaban J connectivity index is 2.26. The van der Waals surface area contributed by atoms with Crippen LogP contribution >= 0.6 is 11.3 Å². The Labute approximate surface area is 91.6 Å². The lowest BCUT2D eigenvalue weighted by atomic mass is 10.1. The van der Waals surface area contributed by atoms with Crippen LogP contribution in [0.2, 0.25) is 0 Å². The summed E-state index contributed by atoms with van der Waals surface area (Å²) in [6.45, 7) is -0.105. The first-order valence-electron chi connectivity index (χ1n) is 4.68. The second-order valence-corrected chi connectivity index (χ2v) is 4.40. The third-order valence-electron chi connectivity index (χ3n) is 2.16. The van der Waals surface area contributed by atoms with Crippen LogP contribution in [0.3, 0.4) is 0 Å². The van der Waals surface area contributed by atoms with Gasteiger partial charge < -0.3 is 5.11 Å². The van der Waals surface area contributed by atoms with E-state index in [9.17, 15) is 0 Å². The minimum atomic E-state index is -0.342. The van der Waals surface area contributed by atoms with Crippen LogP contribution in [0, 0.1) is 17.2 Å². The van der Waals surface area contributed by atoms with Gasteiger partial charge in [-0.05, 0) is 12.1 Å². The van der Waals surface area contributed by atoms with Crippen LogP contribution in [0.4, 0.5) is 0 Å². The number of fused-ring (bicyclic) bond motifs is 1. The van der Waals surface area contributed by atoms with E-state index in [0.29, 0.717) is 6.42 Å². The zero-order valence-electron chi connectivity index (χ0n) is 8.05. The summed E-state index contributed by atoms with van der Waals surface area (Å²) in [5.41, 5.74) is 0.965. The molecule has 76 valence electrons. The molecule has 0 radical (unpaired) electrons. The molecular formula is C11H10N2OS. The molecule has 1 aromatic carbocycles. The molecule has 0 amide bonds. The summed E-state index contributed by atoms with van der Waals surface area (Å²) in [7, 11) is 0. The lowest BCUT2D eigenvalue weighted by Gasteiger charge is -1.99. The molecule has 0 saturated heterocycles. The van der Waals surface area contributed by atoms with E-state index in [1.54, 1.807) is 11.3 Å². The molecule has 0 saturated carbocycles. The van der Waals surface area contributed by atoms with Gasteiger partial charge in [0, 0.05) is 6.42 Å². The molecule has 0 aliphatic heterocycles. The molecule has 1 atom stereocenters. The Morgan fingerprint density at radius 1 is 1.47 bits per heavy atom. The Bertz CT molecular complexity index is 468. The Hall–Kier alpha value is -1.44. The van der Waals surface area contributed by atoms with Crippen molar-refractivity contribution in [1.82, 2.24) is 4.98 Å². The number of benzene rings is 1. The number of para-hydroxylation sites is 1. The Kier molecular flexibility index (Phi) is 2.95. The maximum absolute atomic E-state index is 8.92. The number of hydrogen-bond donors (Lipinski definition) is 1. The Morgan fingerprint density at radius 3 is 2.93 bits per heavy atom. The van der Waals surface area contributed by atoms with E-state index in [2.05, 4.69) is 11.1 Å². The number of aromatic nitrogens is 1. The molecule has 1 aromatic heterocycles. The molecule has 3 nitrogen and oxygen atoms in total. The van der Waals surface area contributed by atoms with Crippen molar-refractivity contribution in [3.8, 4) is 6.07 Å². The minimum absolute atomic E-state index is 0.105. The summed E-state index contributed by atoms with van der Waals surface area (Å²) in [6, 6.07) is 9.94. The zero-order valence-corrected chi connectivity index (χ0v) is 8.87. The van der Waals surface area contributed by atoms with Gasteiger partial charge in [0.2, 0.25) is 0 Å². The predicted octanol–water partition coefficient (Wildman–Crippen LogP) is 1.97. The molecule has 2 rings (SSSR count). The standard InChI is InChI=1S/C11H10N2OS/c12-6-8(7-14)5-11-13-9-3-1-2-4-10(9)15-11/h1-4,8,14H,5,7H2. The van der Waals surface area contributed by atoms with Crippen LogP contribution in [-0.4, -0.2) is 16.7 Å². The van der Waals surface area contributed by atoms with Crippen molar-refractivity contribution in [2.75, 3.05) is 6.61 Å². The molecule has 1 N–H and O–H groups in total. The summed E-state index contributed by atoms with van der Waals surface area (Å²) >= 11 is 1.58. The van der Waals surface area contributed by atoms with E-state index < -0.39 is 0 Å². The SMILES string of the molecule is N#CC(CO)Cc1nc2ccccc2s1. The van der Waals surface area contributed by atoms with E-state index in [-0.39, 0.29) is 12.5 Å². The number of rotatable bonds is 3. The van der Waals surface area contributed by atoms with Crippen molar-refractivity contribution in [3.63, 3.8) is 0 Å². The van der Waals surface area contributed by atoms with Gasteiger partial charge >= 0.3 is 0 Å². The van der Waals surface area contributed by atoms with E-state index in [1.165, 1.54) is 0 Å². The third-order valence-corrected chi connectivity index (χ3v) is 3.22. The topological polar surface area (TPSA) is 56.9 Å². The number of nitriles is 1. The minimum Gasteiger partial charge on any atom is -0.395 e. The van der Waals surface area contributed by atoms with Crippen molar-refractivity contribution in [2.45, 2.75) is 6.42 Å². The van der Waals surface area contributed by atoms with Gasteiger partial charge in [-0.2, -0.15) is 5.26 Å². The molecule has 0 bridgehead atoms. The van der Waals surface area contributed by atoms with Gasteiger partial charge in [-0.25, -0.2) is 4.98 Å². The fourth-order valence-corrected chi connectivity index (χ4v) is 2.42. The van der Waals surface area contributed by atoms with Crippen LogP contribution in [0.25, 0.3) is 10.2 Å². The van der Waals surface area contributed by atoms with Crippen molar-refractivity contribution in [1.29, 1.82) is 5.26 Å². The van der Waals surface area contributed by atoms with E-state index in [4.69, 9.17) is 10.4 Å². The lowest BCUT2D eigenvalue weighted by molar-refractivity contribution is 0.255. The quantitative estimate of drug-likeness (QED) is 0.856. The second kappa shape index (κ2) is 4.39. The fourth-order valence-electron chi connectivity index (χ4n) is 1.37. The molecule has 4 heteroatoms. The van der Waals surface area contributed by atoms with Crippen LogP contribution in [0.1, 0.15) is 5.01 Å². The van der Waals surface area contributed by atoms with Crippen molar-refractivity contribution in [3.05, 3.63) is 29.3 Å². The smallest absolute Gasteiger partial charge is 0.0952 e. The lowest BCUT2D eigenvalue weighted by Crippen LogP contribution is -2.06. The monoisotopic (exact) mass is 218 g/mol. The molecule has 1 unspecified atom stereocenters. The first-order valence-corrected chi connectivity index (χ1v) is 5.50. The highest BCUT2D eigenvalue weighted by molar-refractivity contribution is 7.18. The summed E-state index contributed by atoms with van der Waals surface area (Å²) in [4.78, 5) is 4.40. The highest BCUT2D eigenvalue weighted by Crippen LogP contribution is 2.23. The zero-order chi connectivity index (χ0) is 10.7. The number of aliphatic hydroxyl groups is 1. The molecular weight excluding hydrogens is 208 g/mol. The van der Waals surface area contributed by atoms with Crippen molar-refractivity contribution < 1.29 is 5.11 Å². The maximum Gasteiger partial charge on any atom is 0.0952 e. The van der Waals surface area contributed by atoms with Gasteiger partial charge in [0.05, 0.1) is 33.8 Å². The third kappa shape index (κ3) is 2.14. The first kappa shape index (κ1) is 10.1. The molecule has 0 aliphatic carbocycles. The summed E-state index contributed by atoms with van der Waals surface area (Å²) in [5, 5.41) is 18.6. The molecule has 0 fully saturated rings. The average molecular weight is 218 g/mol. The van der Waals surface area contributed by atoms with Crippen molar-refractivity contribution in [2.24, 2.45) is 5.92 Å². The summed E-state index contributed by atoms with van der Waals surface area (Å²) in [5.74, 6) is -0.342. The van der Waals surface area contributed by atoms with Gasteiger partial charge in [0.1, 0.15) is 0 Å². The first-order chi connectivity index (χ1) is 7.33. The van der Waals surface area contributed by atoms with Crippen LogP contribution in [0.15, 0.2) is 24.3 Å². The molecule has 15 heavy (non-hydrogen) atoms. The maximum atomic E-state index is 8.92. The number of aliphatic hydroxyl groups excluding tert-OH is 1. The van der Waals surface area contributed by atoms with Crippen LogP contribution in [0.5, 0.6) is 0 Å². The highest BCUT2D eigenvalue weighted by Gasteiger charge is 2.10. The molecule has 1 heterocycles. The largest absolute Gasteiger partial charge is 0.395 e. The molecule has 0 aliphatic rings. The summed E-state index contributed by atoms with van der Waals surface area (Å²) < 4.78 is 1.13. The van der Waals surface area contributed by atoms with E-state index in [1.807, 2.05) is 24.3 Å². The highest BCUT2D eigenvalue weighted by atomic mass is 32.1. The number of hydrogen-bond acceptors (Lipinski definition) is 4. The fraction of sp³-hybridized carbons (Fsp3) is 0.273. The Morgan fingerprint density at radius 2 is 2.27 bits per heavy atom. The van der Waals surface area contributed by atoms with E-state index in [0.717, 1.165) is 15.2 Å². The average Bonchev–Trinajstić information content (AvgIpc) is 2.68. The molecule has 0 spiro atoms. The van der Waals surface area contributed by atoms with Gasteiger partial charge in [0.15, 0.2) is 0 Å². The van der Waals surface area contributed by atoms with Crippen LogP contribution in [-0.2, 0) is 6.42 Å². The number of nitrogens with zero attached hydrogens (tertiary/aromatic N) is 2. The second-order valence-electron chi connectivity index (χ2n) is 3.29. The van der Waals surface area contributed by atoms with Crippen LogP contribution < -0.4 is 0 Å². The van der Waals surface area contributed by atoms with Gasteiger partial charge in [0.25, 0.3) is 0 Å².